The molecule has 0 saturated carbocycles. The van der Waals surface area contributed by atoms with Gasteiger partial charge in [0.1, 0.15) is 11.6 Å². The van der Waals surface area contributed by atoms with E-state index in [4.69, 9.17) is 4.74 Å². The average molecular weight is 236 g/mol. The number of nitrogens with zero attached hydrogens (tertiary/aromatic N) is 1. The van der Waals surface area contributed by atoms with Crippen molar-refractivity contribution in [3.63, 3.8) is 0 Å². The Balaban J connectivity index is 2.23. The Morgan fingerprint density at radius 3 is 3.12 bits per heavy atom. The maximum absolute atomic E-state index is 13.7. The van der Waals surface area contributed by atoms with Crippen LogP contribution in [0.5, 0.6) is 0 Å². The van der Waals surface area contributed by atoms with Crippen LogP contribution in [0.25, 0.3) is 0 Å². The molecule has 0 aliphatic carbocycles. The summed E-state index contributed by atoms with van der Waals surface area (Å²) in [6, 6.07) is 1.51. The lowest BCUT2D eigenvalue weighted by Crippen LogP contribution is -2.25. The van der Waals surface area contributed by atoms with Crippen molar-refractivity contribution in [2.24, 2.45) is 0 Å². The van der Waals surface area contributed by atoms with Gasteiger partial charge in [-0.15, -0.1) is 0 Å². The Kier molecular flexibility index (Phi) is 4.09. The van der Waals surface area contributed by atoms with E-state index in [1.165, 1.54) is 6.20 Å². The van der Waals surface area contributed by atoms with Crippen molar-refractivity contribution >= 4 is 0 Å². The molecular formula is C13H17FN2O. The van der Waals surface area contributed by atoms with Crippen LogP contribution in [0, 0.1) is 5.82 Å². The molecule has 1 N–H and O–H groups in total. The van der Waals surface area contributed by atoms with E-state index in [0.29, 0.717) is 12.2 Å². The minimum Gasteiger partial charge on any atom is -0.496 e. The first-order valence-corrected chi connectivity index (χ1v) is 5.98. The molecule has 1 aromatic rings. The summed E-state index contributed by atoms with van der Waals surface area (Å²) in [6.07, 6.45) is 6.76. The molecule has 1 atom stereocenters. The Hall–Kier alpha value is -1.42. The van der Waals surface area contributed by atoms with Crippen LogP contribution >= 0.6 is 0 Å². The number of hydrogen-bond acceptors (Lipinski definition) is 3. The fraction of sp³-hybridized carbons (Fsp3) is 0.462. The number of aromatic nitrogens is 1. The molecule has 2 rings (SSSR count). The average Bonchev–Trinajstić information content (AvgIpc) is 2.85. The third-order valence-electron chi connectivity index (χ3n) is 2.73. The van der Waals surface area contributed by atoms with E-state index in [0.717, 1.165) is 25.1 Å². The molecule has 1 aliphatic heterocycles. The molecule has 0 fully saturated rings. The van der Waals surface area contributed by atoms with Crippen molar-refractivity contribution in [3.05, 3.63) is 41.7 Å². The maximum Gasteiger partial charge on any atom is 0.146 e. The number of hydrogen-bond donors (Lipinski definition) is 1. The van der Waals surface area contributed by atoms with Crippen molar-refractivity contribution in [2.45, 2.75) is 25.8 Å². The van der Waals surface area contributed by atoms with Gasteiger partial charge in [-0.05, 0) is 25.1 Å². The molecule has 2 heterocycles. The van der Waals surface area contributed by atoms with E-state index in [1.54, 1.807) is 12.3 Å². The largest absolute Gasteiger partial charge is 0.496 e. The zero-order chi connectivity index (χ0) is 12.1. The molecule has 3 nitrogen and oxygen atoms in total. The molecule has 0 spiro atoms. The van der Waals surface area contributed by atoms with Crippen molar-refractivity contribution in [1.82, 2.24) is 10.3 Å². The van der Waals surface area contributed by atoms with Crippen LogP contribution in [0.2, 0.25) is 0 Å². The highest BCUT2D eigenvalue weighted by Crippen LogP contribution is 2.27. The normalized spacial score (nSPS) is 16.5. The van der Waals surface area contributed by atoms with Gasteiger partial charge in [-0.2, -0.15) is 0 Å². The summed E-state index contributed by atoms with van der Waals surface area (Å²) in [5, 5.41) is 3.31. The Labute approximate surface area is 101 Å². The van der Waals surface area contributed by atoms with Gasteiger partial charge < -0.3 is 10.1 Å². The molecule has 17 heavy (non-hydrogen) atoms. The highest BCUT2D eigenvalue weighted by Gasteiger charge is 2.22. The molecule has 92 valence electrons. The first-order valence-electron chi connectivity index (χ1n) is 5.98. The molecule has 1 aromatic heterocycles. The summed E-state index contributed by atoms with van der Waals surface area (Å²) in [7, 11) is 0. The monoisotopic (exact) mass is 236 g/mol. The van der Waals surface area contributed by atoms with Gasteiger partial charge in [0.2, 0.25) is 0 Å². The van der Waals surface area contributed by atoms with Crippen LogP contribution in [-0.4, -0.2) is 18.1 Å². The van der Waals surface area contributed by atoms with Crippen molar-refractivity contribution < 1.29 is 9.13 Å². The van der Waals surface area contributed by atoms with Crippen molar-refractivity contribution in [1.29, 1.82) is 0 Å². The van der Waals surface area contributed by atoms with Crippen LogP contribution < -0.4 is 5.32 Å². The predicted octanol–water partition coefficient (Wildman–Crippen LogP) is 2.57. The number of pyridine rings is 1. The molecule has 4 heteroatoms. The second-order valence-corrected chi connectivity index (χ2v) is 4.03. The standard InChI is InChI=1S/C13H17FN2O/c1-2-6-16-13(12-4-3-8-17-12)10-5-7-15-9-11(10)14/h4-5,7,9,13,16H,2-3,6,8H2,1H3. The first-order chi connectivity index (χ1) is 8.33. The number of rotatable bonds is 5. The van der Waals surface area contributed by atoms with Crippen LogP contribution in [0.3, 0.4) is 0 Å². The predicted molar refractivity (Wildman–Crippen MR) is 63.9 cm³/mol. The zero-order valence-corrected chi connectivity index (χ0v) is 9.95. The Morgan fingerprint density at radius 2 is 2.47 bits per heavy atom. The smallest absolute Gasteiger partial charge is 0.146 e. The second kappa shape index (κ2) is 5.77. The number of halogens is 1. The van der Waals surface area contributed by atoms with E-state index in [-0.39, 0.29) is 11.9 Å². The van der Waals surface area contributed by atoms with Crippen molar-refractivity contribution in [3.8, 4) is 0 Å². The summed E-state index contributed by atoms with van der Waals surface area (Å²) in [4.78, 5) is 3.77. The molecule has 0 saturated heterocycles. The quantitative estimate of drug-likeness (QED) is 0.853. The molecule has 1 unspecified atom stereocenters. The van der Waals surface area contributed by atoms with E-state index in [1.807, 2.05) is 6.08 Å². The van der Waals surface area contributed by atoms with Gasteiger partial charge in [-0.25, -0.2) is 4.39 Å². The first kappa shape index (κ1) is 12.0. The van der Waals surface area contributed by atoms with Crippen LogP contribution in [-0.2, 0) is 4.74 Å². The van der Waals surface area contributed by atoms with Crippen LogP contribution in [0.4, 0.5) is 4.39 Å². The highest BCUT2D eigenvalue weighted by atomic mass is 19.1. The third-order valence-corrected chi connectivity index (χ3v) is 2.73. The summed E-state index contributed by atoms with van der Waals surface area (Å²) in [5.74, 6) is 0.529. The van der Waals surface area contributed by atoms with Gasteiger partial charge >= 0.3 is 0 Å². The summed E-state index contributed by atoms with van der Waals surface area (Å²) in [6.45, 7) is 3.59. The second-order valence-electron chi connectivity index (χ2n) is 4.03. The fourth-order valence-electron chi connectivity index (χ4n) is 1.91. The topological polar surface area (TPSA) is 34.1 Å². The Bertz CT molecular complexity index is 406. The minimum atomic E-state index is -0.294. The lowest BCUT2D eigenvalue weighted by molar-refractivity contribution is 0.214. The lowest BCUT2D eigenvalue weighted by Gasteiger charge is -2.20. The molecule has 0 aromatic carbocycles. The molecule has 0 radical (unpaired) electrons. The minimum absolute atomic E-state index is 0.194. The van der Waals surface area contributed by atoms with E-state index in [2.05, 4.69) is 17.2 Å². The third kappa shape index (κ3) is 2.82. The SMILES string of the molecule is CCCNC(C1=CCCO1)c1ccncc1F. The van der Waals surface area contributed by atoms with Crippen molar-refractivity contribution in [2.75, 3.05) is 13.2 Å². The van der Waals surface area contributed by atoms with Gasteiger partial charge in [0.05, 0.1) is 18.8 Å². The lowest BCUT2D eigenvalue weighted by atomic mass is 10.1. The molecular weight excluding hydrogens is 219 g/mol. The number of ether oxygens (including phenoxy) is 1. The van der Waals surface area contributed by atoms with E-state index < -0.39 is 0 Å². The van der Waals surface area contributed by atoms with Gasteiger partial charge in [-0.1, -0.05) is 6.92 Å². The van der Waals surface area contributed by atoms with E-state index >= 15 is 0 Å². The molecule has 0 bridgehead atoms. The van der Waals surface area contributed by atoms with Gasteiger partial charge in [0.15, 0.2) is 0 Å². The van der Waals surface area contributed by atoms with E-state index in [9.17, 15) is 4.39 Å². The Morgan fingerprint density at radius 1 is 1.59 bits per heavy atom. The number of nitrogens with one attached hydrogen (secondary N) is 1. The van der Waals surface area contributed by atoms with Gasteiger partial charge in [-0.3, -0.25) is 4.98 Å². The maximum atomic E-state index is 13.7. The molecule has 0 amide bonds. The van der Waals surface area contributed by atoms with Gasteiger partial charge in [0.25, 0.3) is 0 Å². The summed E-state index contributed by atoms with van der Waals surface area (Å²) >= 11 is 0. The van der Waals surface area contributed by atoms with Gasteiger partial charge in [0, 0.05) is 18.2 Å². The summed E-state index contributed by atoms with van der Waals surface area (Å²) < 4.78 is 19.3. The zero-order valence-electron chi connectivity index (χ0n) is 9.95. The highest BCUT2D eigenvalue weighted by molar-refractivity contribution is 5.26. The fourth-order valence-corrected chi connectivity index (χ4v) is 1.91. The molecule has 1 aliphatic rings. The van der Waals surface area contributed by atoms with Crippen LogP contribution in [0.15, 0.2) is 30.3 Å². The summed E-state index contributed by atoms with van der Waals surface area (Å²) in [5.41, 5.74) is 0.599. The van der Waals surface area contributed by atoms with Crippen LogP contribution in [0.1, 0.15) is 31.4 Å².